The van der Waals surface area contributed by atoms with Gasteiger partial charge < -0.3 is 20.9 Å². The molecule has 0 amide bonds. The lowest BCUT2D eigenvalue weighted by molar-refractivity contribution is 0.0898. The van der Waals surface area contributed by atoms with Gasteiger partial charge in [0.15, 0.2) is 5.78 Å². The number of carbonyl (C=O) groups is 1. The van der Waals surface area contributed by atoms with Crippen LogP contribution in [0.2, 0.25) is 0 Å². The molecule has 2 aliphatic carbocycles. The first-order valence-electron chi connectivity index (χ1n) is 13.8. The number of rotatable bonds is 8. The number of ketones is 1. The number of carbonyl (C=O) groups excluding carboxylic acids is 1. The molecular formula is C31H40N4OS. The number of allylic oxidation sites excluding steroid dienone is 6. The zero-order chi connectivity index (χ0) is 25.8. The Morgan fingerprint density at radius 2 is 1.86 bits per heavy atom. The van der Waals surface area contributed by atoms with Crippen molar-refractivity contribution in [3.8, 4) is 0 Å². The molecular weight excluding hydrogens is 476 g/mol. The third-order valence-electron chi connectivity index (χ3n) is 7.84. The fourth-order valence-corrected chi connectivity index (χ4v) is 6.83. The van der Waals surface area contributed by atoms with Gasteiger partial charge in [-0.25, -0.2) is 0 Å². The molecule has 2 heterocycles. The second-order valence-electron chi connectivity index (χ2n) is 10.4. The molecule has 1 saturated heterocycles. The predicted molar refractivity (Wildman–Crippen MR) is 158 cm³/mol. The van der Waals surface area contributed by atoms with Gasteiger partial charge in [-0.2, -0.15) is 11.8 Å². The molecule has 3 N–H and O–H groups in total. The van der Waals surface area contributed by atoms with Crippen LogP contribution in [-0.4, -0.2) is 53.9 Å². The van der Waals surface area contributed by atoms with E-state index in [0.29, 0.717) is 6.54 Å². The van der Waals surface area contributed by atoms with Crippen LogP contribution in [0.1, 0.15) is 56.3 Å². The van der Waals surface area contributed by atoms with Crippen LogP contribution >= 0.6 is 11.8 Å². The maximum atomic E-state index is 13.5. The maximum absolute atomic E-state index is 13.5. The summed E-state index contributed by atoms with van der Waals surface area (Å²) in [6.07, 6.45) is 15.0. The van der Waals surface area contributed by atoms with Crippen molar-refractivity contribution in [2.24, 2.45) is 0 Å². The summed E-state index contributed by atoms with van der Waals surface area (Å²) in [5.74, 6) is 2.13. The summed E-state index contributed by atoms with van der Waals surface area (Å²) in [5, 5.41) is 10.6. The van der Waals surface area contributed by atoms with Crippen LogP contribution in [0, 0.1) is 0 Å². The number of hydrogen-bond donors (Lipinski definition) is 3. The van der Waals surface area contributed by atoms with Crippen molar-refractivity contribution in [3.05, 3.63) is 82.8 Å². The van der Waals surface area contributed by atoms with E-state index < -0.39 is 0 Å². The molecule has 0 aromatic heterocycles. The molecule has 1 fully saturated rings. The summed E-state index contributed by atoms with van der Waals surface area (Å²) in [7, 11) is 0. The minimum absolute atomic E-state index is 0.153. The second-order valence-corrected chi connectivity index (χ2v) is 11.4. The van der Waals surface area contributed by atoms with Crippen molar-refractivity contribution in [1.29, 1.82) is 0 Å². The molecule has 0 spiro atoms. The normalized spacial score (nSPS) is 23.6. The number of nitrogens with zero attached hydrogens (tertiary/aromatic N) is 1. The van der Waals surface area contributed by atoms with Gasteiger partial charge in [-0.3, -0.25) is 4.79 Å². The zero-order valence-corrected chi connectivity index (χ0v) is 23.1. The van der Waals surface area contributed by atoms with Crippen LogP contribution in [0.25, 0.3) is 0 Å². The van der Waals surface area contributed by atoms with Crippen LogP contribution in [0.4, 0.5) is 11.4 Å². The minimum Gasteiger partial charge on any atom is -0.374 e. The fraction of sp³-hybridized carbons (Fsp3) is 0.452. The number of nitrogens with one attached hydrogen (secondary N) is 3. The molecule has 6 heteroatoms. The predicted octanol–water partition coefficient (Wildman–Crippen LogP) is 6.28. The monoisotopic (exact) mass is 516 g/mol. The van der Waals surface area contributed by atoms with E-state index in [-0.39, 0.29) is 17.9 Å². The van der Waals surface area contributed by atoms with Gasteiger partial charge in [0.25, 0.3) is 0 Å². The van der Waals surface area contributed by atoms with E-state index in [0.717, 1.165) is 79.3 Å². The van der Waals surface area contributed by atoms with E-state index in [1.165, 1.54) is 22.4 Å². The Balaban J connectivity index is 1.20. The summed E-state index contributed by atoms with van der Waals surface area (Å²) in [6, 6.07) is 5.94. The Bertz CT molecular complexity index is 1180. The van der Waals surface area contributed by atoms with Gasteiger partial charge >= 0.3 is 0 Å². The standard InChI is InChI=1S/C31H40N4OS/c1-4-23-10-7-8-12-30(23)35-16-15-32-28(18-35)31(36)24-13-14-26-27(17-24)33-22(3)29(34-26)20-37-19-25-11-6-5-9-21(25)2/h9-14,17,28-29,32-34H,3-8,15-16,18-20H2,1-2H3. The Kier molecular flexibility index (Phi) is 8.26. The molecule has 5 nitrogen and oxygen atoms in total. The van der Waals surface area contributed by atoms with E-state index in [2.05, 4.69) is 65.6 Å². The summed E-state index contributed by atoms with van der Waals surface area (Å²) in [6.45, 7) is 11.2. The van der Waals surface area contributed by atoms with E-state index in [4.69, 9.17) is 0 Å². The van der Waals surface area contributed by atoms with Crippen LogP contribution in [0.5, 0.6) is 0 Å². The van der Waals surface area contributed by atoms with Crippen LogP contribution < -0.4 is 16.0 Å². The van der Waals surface area contributed by atoms with Gasteiger partial charge in [0.2, 0.25) is 0 Å². The summed E-state index contributed by atoms with van der Waals surface area (Å²) >= 11 is 1.94. The molecule has 2 unspecified atom stereocenters. The second kappa shape index (κ2) is 11.8. The van der Waals surface area contributed by atoms with E-state index in [9.17, 15) is 4.79 Å². The molecule has 2 aliphatic heterocycles. The Morgan fingerprint density at radius 3 is 2.68 bits per heavy atom. The highest BCUT2D eigenvalue weighted by molar-refractivity contribution is 7.99. The first-order chi connectivity index (χ1) is 18.0. The van der Waals surface area contributed by atoms with Crippen LogP contribution in [0.15, 0.2) is 77.2 Å². The first kappa shape index (κ1) is 25.9. The summed E-state index contributed by atoms with van der Waals surface area (Å²) < 4.78 is 0. The van der Waals surface area contributed by atoms with Crippen molar-refractivity contribution in [3.63, 3.8) is 0 Å². The number of fused-ring (bicyclic) bond motifs is 1. The molecule has 0 radical (unpaired) electrons. The molecule has 0 bridgehead atoms. The van der Waals surface area contributed by atoms with Gasteiger partial charge in [-0.05, 0) is 68.4 Å². The Morgan fingerprint density at radius 1 is 1.08 bits per heavy atom. The van der Waals surface area contributed by atoms with Crippen molar-refractivity contribution >= 4 is 28.9 Å². The molecule has 4 aliphatic rings. The molecule has 2 atom stereocenters. The van der Waals surface area contributed by atoms with E-state index in [1.807, 2.05) is 30.0 Å². The molecule has 37 heavy (non-hydrogen) atoms. The van der Waals surface area contributed by atoms with Crippen LogP contribution in [0.3, 0.4) is 0 Å². The highest BCUT2D eigenvalue weighted by atomic mass is 32.2. The SMILES string of the molecule is C=C1Nc2cc(C(=O)C3CN(C4=CCCC=C4CC)CCN3)ccc2NC1CSCC1=CCCC=C1C. The Labute approximate surface area is 226 Å². The average molecular weight is 517 g/mol. The highest BCUT2D eigenvalue weighted by Gasteiger charge is 2.29. The lowest BCUT2D eigenvalue weighted by Gasteiger charge is -2.38. The minimum atomic E-state index is -0.205. The number of benzene rings is 1. The lowest BCUT2D eigenvalue weighted by atomic mass is 9.96. The van der Waals surface area contributed by atoms with Gasteiger partial charge in [0.05, 0.1) is 23.5 Å². The summed E-state index contributed by atoms with van der Waals surface area (Å²) in [4.78, 5) is 15.9. The van der Waals surface area contributed by atoms with Gasteiger partial charge in [-0.1, -0.05) is 43.4 Å². The Hall–Kier alpha value is -2.70. The molecule has 196 valence electrons. The average Bonchev–Trinajstić information content (AvgIpc) is 2.93. The third kappa shape index (κ3) is 5.91. The maximum Gasteiger partial charge on any atom is 0.181 e. The number of anilines is 2. The molecule has 1 aromatic carbocycles. The highest BCUT2D eigenvalue weighted by Crippen LogP contribution is 2.33. The zero-order valence-electron chi connectivity index (χ0n) is 22.2. The topological polar surface area (TPSA) is 56.4 Å². The van der Waals surface area contributed by atoms with Crippen molar-refractivity contribution in [2.45, 2.75) is 58.0 Å². The molecule has 0 saturated carbocycles. The van der Waals surface area contributed by atoms with Gasteiger partial charge in [-0.15, -0.1) is 0 Å². The largest absolute Gasteiger partial charge is 0.374 e. The fourth-order valence-electron chi connectivity index (χ4n) is 5.63. The van der Waals surface area contributed by atoms with E-state index >= 15 is 0 Å². The number of Topliss-reactive ketones (excluding diaryl/α,β-unsaturated/α-hetero) is 1. The number of piperazine rings is 1. The first-order valence-corrected chi connectivity index (χ1v) is 14.9. The van der Waals surface area contributed by atoms with Gasteiger partial charge in [0.1, 0.15) is 0 Å². The molecule has 5 rings (SSSR count). The van der Waals surface area contributed by atoms with Crippen molar-refractivity contribution in [1.82, 2.24) is 10.2 Å². The van der Waals surface area contributed by atoms with E-state index in [1.54, 1.807) is 0 Å². The van der Waals surface area contributed by atoms with Crippen LogP contribution in [-0.2, 0) is 0 Å². The smallest absolute Gasteiger partial charge is 0.181 e. The third-order valence-corrected chi connectivity index (χ3v) is 8.93. The number of thioether (sulfide) groups is 1. The van der Waals surface area contributed by atoms with Crippen molar-refractivity contribution < 1.29 is 4.79 Å². The van der Waals surface area contributed by atoms with Crippen molar-refractivity contribution in [2.75, 3.05) is 41.8 Å². The number of hydrogen-bond acceptors (Lipinski definition) is 6. The van der Waals surface area contributed by atoms with Gasteiger partial charge in [0, 0.05) is 48.1 Å². The quantitative estimate of drug-likeness (QED) is 0.354. The molecule has 1 aromatic rings. The lowest BCUT2D eigenvalue weighted by Crippen LogP contribution is -2.54. The summed E-state index contributed by atoms with van der Waals surface area (Å²) in [5.41, 5.74) is 9.29.